The highest BCUT2D eigenvalue weighted by Gasteiger charge is 2.38. The molecule has 3 rings (SSSR count). The third-order valence-corrected chi connectivity index (χ3v) is 4.13. The van der Waals surface area contributed by atoms with E-state index in [2.05, 4.69) is 20.9 Å². The van der Waals surface area contributed by atoms with Gasteiger partial charge in [0.05, 0.1) is 24.3 Å². The molecule has 1 aromatic heterocycles. The van der Waals surface area contributed by atoms with Gasteiger partial charge in [-0.05, 0) is 41.3 Å². The molecule has 18 heavy (non-hydrogen) atoms. The fraction of sp³-hybridized carbons (Fsp3) is 0.538. The van der Waals surface area contributed by atoms with Gasteiger partial charge in [0.2, 0.25) is 0 Å². The third kappa shape index (κ3) is 2.17. The average molecular weight is 311 g/mol. The van der Waals surface area contributed by atoms with Gasteiger partial charge in [0, 0.05) is 23.4 Å². The van der Waals surface area contributed by atoms with Crippen molar-refractivity contribution in [2.75, 3.05) is 13.2 Å². The summed E-state index contributed by atoms with van der Waals surface area (Å²) in [5.74, 6) is 0.0731. The van der Waals surface area contributed by atoms with Crippen LogP contribution in [0.5, 0.6) is 0 Å². The minimum atomic E-state index is 0.0731. The Labute approximate surface area is 114 Å². The lowest BCUT2D eigenvalue weighted by molar-refractivity contribution is -0.0445. The Bertz CT molecular complexity index is 466. The number of carbonyl (C=O) groups is 1. The lowest BCUT2D eigenvalue weighted by Crippen LogP contribution is -2.51. The molecule has 1 aliphatic heterocycles. The lowest BCUT2D eigenvalue weighted by atomic mass is 10.1. The molecule has 0 spiro atoms. The van der Waals surface area contributed by atoms with Crippen molar-refractivity contribution >= 4 is 21.8 Å². The minimum Gasteiger partial charge on any atom is -0.374 e. The highest BCUT2D eigenvalue weighted by atomic mass is 79.9. The van der Waals surface area contributed by atoms with Crippen molar-refractivity contribution in [3.05, 3.63) is 28.5 Å². The summed E-state index contributed by atoms with van der Waals surface area (Å²) in [5, 5.41) is 0. The van der Waals surface area contributed by atoms with E-state index in [9.17, 15) is 4.79 Å². The number of halogens is 1. The Morgan fingerprint density at radius 2 is 2.33 bits per heavy atom. The maximum Gasteiger partial charge on any atom is 0.255 e. The molecule has 0 N–H and O–H groups in total. The Balaban J connectivity index is 1.83. The summed E-state index contributed by atoms with van der Waals surface area (Å²) in [6, 6.07) is 2.08. The molecule has 2 atom stereocenters. The number of nitrogens with zero attached hydrogens (tertiary/aromatic N) is 2. The number of amides is 1. The van der Waals surface area contributed by atoms with Gasteiger partial charge in [-0.15, -0.1) is 0 Å². The first kappa shape index (κ1) is 12.1. The highest BCUT2D eigenvalue weighted by Crippen LogP contribution is 2.30. The molecule has 2 aliphatic rings. The number of pyridine rings is 1. The number of carbonyl (C=O) groups excluding carboxylic acids is 1. The van der Waals surface area contributed by atoms with E-state index in [1.165, 1.54) is 0 Å². The summed E-state index contributed by atoms with van der Waals surface area (Å²) < 4.78 is 6.56. The number of ether oxygens (including phenoxy) is 1. The first-order chi connectivity index (χ1) is 8.75. The van der Waals surface area contributed by atoms with Crippen LogP contribution >= 0.6 is 15.9 Å². The van der Waals surface area contributed by atoms with E-state index in [1.54, 1.807) is 12.4 Å². The fourth-order valence-corrected chi connectivity index (χ4v) is 3.24. The van der Waals surface area contributed by atoms with E-state index in [0.29, 0.717) is 18.7 Å². The van der Waals surface area contributed by atoms with Gasteiger partial charge in [-0.25, -0.2) is 0 Å². The van der Waals surface area contributed by atoms with Crippen LogP contribution in [0.25, 0.3) is 0 Å². The number of morpholine rings is 1. The molecule has 2 heterocycles. The molecule has 1 saturated carbocycles. The zero-order valence-corrected chi connectivity index (χ0v) is 11.6. The molecule has 1 aromatic rings. The van der Waals surface area contributed by atoms with Crippen LogP contribution in [0.15, 0.2) is 22.9 Å². The van der Waals surface area contributed by atoms with Gasteiger partial charge in [-0.1, -0.05) is 0 Å². The number of hydrogen-bond donors (Lipinski definition) is 0. The molecule has 1 saturated heterocycles. The quantitative estimate of drug-likeness (QED) is 0.799. The van der Waals surface area contributed by atoms with Crippen LogP contribution in [0.3, 0.4) is 0 Å². The topological polar surface area (TPSA) is 42.4 Å². The molecule has 2 fully saturated rings. The Morgan fingerprint density at radius 1 is 1.44 bits per heavy atom. The normalized spacial score (nSPS) is 27.1. The zero-order valence-electron chi connectivity index (χ0n) is 10.0. The van der Waals surface area contributed by atoms with Crippen LogP contribution in [0.4, 0.5) is 0 Å². The summed E-state index contributed by atoms with van der Waals surface area (Å²) in [6.45, 7) is 1.33. The number of rotatable bonds is 1. The Morgan fingerprint density at radius 3 is 3.17 bits per heavy atom. The van der Waals surface area contributed by atoms with Gasteiger partial charge in [-0.2, -0.15) is 0 Å². The second-order valence-electron chi connectivity index (χ2n) is 4.80. The van der Waals surface area contributed by atoms with Gasteiger partial charge >= 0.3 is 0 Å². The largest absolute Gasteiger partial charge is 0.374 e. The molecular weight excluding hydrogens is 296 g/mol. The number of fused-ring (bicyclic) bond motifs is 1. The van der Waals surface area contributed by atoms with Gasteiger partial charge < -0.3 is 9.64 Å². The fourth-order valence-electron chi connectivity index (χ4n) is 2.87. The van der Waals surface area contributed by atoms with E-state index >= 15 is 0 Å². The van der Waals surface area contributed by atoms with Crippen molar-refractivity contribution in [2.24, 2.45) is 0 Å². The summed E-state index contributed by atoms with van der Waals surface area (Å²) in [4.78, 5) is 18.5. The monoisotopic (exact) mass is 310 g/mol. The molecule has 0 unspecified atom stereocenters. The summed E-state index contributed by atoms with van der Waals surface area (Å²) in [5.41, 5.74) is 0.650. The van der Waals surface area contributed by atoms with Gasteiger partial charge in [0.1, 0.15) is 0 Å². The lowest BCUT2D eigenvalue weighted by Gasteiger charge is -2.37. The predicted octanol–water partition coefficient (Wildman–Crippen LogP) is 2.24. The molecule has 1 aliphatic carbocycles. The van der Waals surface area contributed by atoms with Crippen LogP contribution in [-0.2, 0) is 4.74 Å². The van der Waals surface area contributed by atoms with Crippen molar-refractivity contribution < 1.29 is 9.53 Å². The van der Waals surface area contributed by atoms with Crippen LogP contribution < -0.4 is 0 Å². The molecule has 0 aromatic carbocycles. The SMILES string of the molecule is O=C(c1cncc(Br)c1)N1CCO[C@H]2CCC[C@H]21. The van der Waals surface area contributed by atoms with Crippen LogP contribution in [0.2, 0.25) is 0 Å². The molecule has 96 valence electrons. The van der Waals surface area contributed by atoms with Crippen LogP contribution in [0.1, 0.15) is 29.6 Å². The first-order valence-electron chi connectivity index (χ1n) is 6.29. The van der Waals surface area contributed by atoms with E-state index in [-0.39, 0.29) is 18.1 Å². The standard InChI is InChI=1S/C13H15BrN2O2/c14-10-6-9(7-15-8-10)13(17)16-4-5-18-12-3-1-2-11(12)16/h6-8,11-12H,1-5H2/t11-,12+/m1/s1. The predicted molar refractivity (Wildman–Crippen MR) is 70.4 cm³/mol. The molecule has 0 radical (unpaired) electrons. The third-order valence-electron chi connectivity index (χ3n) is 3.69. The van der Waals surface area contributed by atoms with Crippen LogP contribution in [-0.4, -0.2) is 41.1 Å². The zero-order chi connectivity index (χ0) is 12.5. The van der Waals surface area contributed by atoms with E-state index < -0.39 is 0 Å². The van der Waals surface area contributed by atoms with Gasteiger partial charge in [0.15, 0.2) is 0 Å². The average Bonchev–Trinajstić information content (AvgIpc) is 2.86. The molecule has 4 nitrogen and oxygen atoms in total. The molecule has 5 heteroatoms. The number of hydrogen-bond acceptors (Lipinski definition) is 3. The smallest absolute Gasteiger partial charge is 0.255 e. The van der Waals surface area contributed by atoms with Gasteiger partial charge in [-0.3, -0.25) is 9.78 Å². The second kappa shape index (κ2) is 4.97. The van der Waals surface area contributed by atoms with Crippen LogP contribution in [0, 0.1) is 0 Å². The van der Waals surface area contributed by atoms with Crippen molar-refractivity contribution in [1.29, 1.82) is 0 Å². The molecule has 0 bridgehead atoms. The van der Waals surface area contributed by atoms with Crippen molar-refractivity contribution in [1.82, 2.24) is 9.88 Å². The number of aromatic nitrogens is 1. The van der Waals surface area contributed by atoms with Crippen molar-refractivity contribution in [2.45, 2.75) is 31.4 Å². The highest BCUT2D eigenvalue weighted by molar-refractivity contribution is 9.10. The van der Waals surface area contributed by atoms with Crippen molar-refractivity contribution in [3.8, 4) is 0 Å². The second-order valence-corrected chi connectivity index (χ2v) is 5.71. The van der Waals surface area contributed by atoms with Gasteiger partial charge in [0.25, 0.3) is 5.91 Å². The van der Waals surface area contributed by atoms with E-state index in [0.717, 1.165) is 23.7 Å². The Kier molecular flexibility index (Phi) is 3.35. The molecule has 1 amide bonds. The maximum atomic E-state index is 12.5. The van der Waals surface area contributed by atoms with E-state index in [1.807, 2.05) is 11.0 Å². The maximum absolute atomic E-state index is 12.5. The van der Waals surface area contributed by atoms with Crippen molar-refractivity contribution in [3.63, 3.8) is 0 Å². The minimum absolute atomic E-state index is 0.0731. The Hall–Kier alpha value is -0.940. The summed E-state index contributed by atoms with van der Waals surface area (Å²) in [7, 11) is 0. The molecular formula is C13H15BrN2O2. The summed E-state index contributed by atoms with van der Waals surface area (Å²) >= 11 is 3.35. The first-order valence-corrected chi connectivity index (χ1v) is 7.08. The summed E-state index contributed by atoms with van der Waals surface area (Å²) in [6.07, 6.45) is 6.84. The van der Waals surface area contributed by atoms with E-state index in [4.69, 9.17) is 4.74 Å².